The standard InChI is InChI=1S/C13H10Cl2N2O2/c14-10-2-3-11(15)9(7-10)5-8-1-4-13(17(18)19)12(16)6-8/h1-4,6-7H,5,16H2. The predicted octanol–water partition coefficient (Wildman–Crippen LogP) is 4.07. The second-order valence-corrected chi connectivity index (χ2v) is 4.91. The van der Waals surface area contributed by atoms with Crippen molar-refractivity contribution in [2.24, 2.45) is 0 Å². The fourth-order valence-corrected chi connectivity index (χ4v) is 2.16. The highest BCUT2D eigenvalue weighted by Gasteiger charge is 2.12. The molecule has 2 N–H and O–H groups in total. The zero-order valence-corrected chi connectivity index (χ0v) is 11.3. The molecule has 0 aliphatic rings. The van der Waals surface area contributed by atoms with Crippen LogP contribution in [0.3, 0.4) is 0 Å². The fourth-order valence-electron chi connectivity index (χ4n) is 1.78. The molecule has 0 saturated heterocycles. The van der Waals surface area contributed by atoms with Gasteiger partial charge in [0.05, 0.1) is 4.92 Å². The van der Waals surface area contributed by atoms with E-state index in [0.29, 0.717) is 16.5 Å². The maximum absolute atomic E-state index is 10.7. The minimum absolute atomic E-state index is 0.0964. The van der Waals surface area contributed by atoms with Crippen molar-refractivity contribution in [3.8, 4) is 0 Å². The molecule has 0 fully saturated rings. The molecule has 2 aromatic carbocycles. The number of anilines is 1. The van der Waals surface area contributed by atoms with Crippen molar-refractivity contribution in [3.05, 3.63) is 67.7 Å². The van der Waals surface area contributed by atoms with E-state index in [2.05, 4.69) is 0 Å². The summed E-state index contributed by atoms with van der Waals surface area (Å²) in [5.41, 5.74) is 7.38. The van der Waals surface area contributed by atoms with Crippen LogP contribution in [0.5, 0.6) is 0 Å². The van der Waals surface area contributed by atoms with Gasteiger partial charge >= 0.3 is 0 Å². The normalized spacial score (nSPS) is 10.4. The molecule has 2 aromatic rings. The van der Waals surface area contributed by atoms with Gasteiger partial charge < -0.3 is 5.73 Å². The summed E-state index contributed by atoms with van der Waals surface area (Å²) in [6.45, 7) is 0. The van der Waals surface area contributed by atoms with Gasteiger partial charge in [0.2, 0.25) is 0 Å². The van der Waals surface area contributed by atoms with Gasteiger partial charge in [0, 0.05) is 16.1 Å². The van der Waals surface area contributed by atoms with Gasteiger partial charge in [0.25, 0.3) is 5.69 Å². The molecular formula is C13H10Cl2N2O2. The third-order valence-corrected chi connectivity index (χ3v) is 3.29. The van der Waals surface area contributed by atoms with Crippen LogP contribution >= 0.6 is 23.2 Å². The van der Waals surface area contributed by atoms with Crippen LogP contribution < -0.4 is 5.73 Å². The van der Waals surface area contributed by atoms with E-state index < -0.39 is 4.92 Å². The average molecular weight is 297 g/mol. The summed E-state index contributed by atoms with van der Waals surface area (Å²) in [4.78, 5) is 10.2. The Hall–Kier alpha value is -1.78. The first kappa shape index (κ1) is 13.6. The summed E-state index contributed by atoms with van der Waals surface area (Å²) < 4.78 is 0. The molecule has 0 aliphatic heterocycles. The third-order valence-electron chi connectivity index (χ3n) is 2.69. The Bertz CT molecular complexity index is 645. The molecule has 0 unspecified atom stereocenters. The van der Waals surface area contributed by atoms with E-state index in [1.807, 2.05) is 0 Å². The number of hydrogen-bond donors (Lipinski definition) is 1. The summed E-state index contributed by atoms with van der Waals surface area (Å²) in [7, 11) is 0. The van der Waals surface area contributed by atoms with Crippen LogP contribution in [0.25, 0.3) is 0 Å². The smallest absolute Gasteiger partial charge is 0.292 e. The molecule has 0 radical (unpaired) electrons. The van der Waals surface area contributed by atoms with E-state index in [0.717, 1.165) is 11.1 Å². The zero-order valence-electron chi connectivity index (χ0n) is 9.77. The Kier molecular flexibility index (Phi) is 3.93. The van der Waals surface area contributed by atoms with E-state index in [4.69, 9.17) is 28.9 Å². The van der Waals surface area contributed by atoms with Crippen molar-refractivity contribution in [2.75, 3.05) is 5.73 Å². The van der Waals surface area contributed by atoms with Gasteiger partial charge in [0.15, 0.2) is 0 Å². The molecule has 0 saturated carbocycles. The van der Waals surface area contributed by atoms with Crippen molar-refractivity contribution < 1.29 is 4.92 Å². The lowest BCUT2D eigenvalue weighted by Crippen LogP contribution is -1.97. The number of halogens is 2. The number of rotatable bonds is 3. The Morgan fingerprint density at radius 3 is 2.53 bits per heavy atom. The van der Waals surface area contributed by atoms with E-state index in [1.165, 1.54) is 6.07 Å². The Morgan fingerprint density at radius 2 is 1.89 bits per heavy atom. The van der Waals surface area contributed by atoms with Crippen LogP contribution in [0.1, 0.15) is 11.1 Å². The molecule has 2 rings (SSSR count). The summed E-state index contributed by atoms with van der Waals surface area (Å²) in [6, 6.07) is 9.82. The van der Waals surface area contributed by atoms with Gasteiger partial charge in [-0.3, -0.25) is 10.1 Å². The number of nitrogens with two attached hydrogens (primary N) is 1. The summed E-state index contributed by atoms with van der Waals surface area (Å²) in [5.74, 6) is 0. The van der Waals surface area contributed by atoms with Crippen molar-refractivity contribution in [1.82, 2.24) is 0 Å². The van der Waals surface area contributed by atoms with E-state index in [-0.39, 0.29) is 11.4 Å². The Morgan fingerprint density at radius 1 is 1.16 bits per heavy atom. The van der Waals surface area contributed by atoms with Gasteiger partial charge in [-0.2, -0.15) is 0 Å². The minimum atomic E-state index is -0.508. The summed E-state index contributed by atoms with van der Waals surface area (Å²) >= 11 is 12.0. The zero-order chi connectivity index (χ0) is 14.0. The monoisotopic (exact) mass is 296 g/mol. The number of benzene rings is 2. The first-order valence-corrected chi connectivity index (χ1v) is 6.19. The summed E-state index contributed by atoms with van der Waals surface area (Å²) in [6.07, 6.45) is 0.515. The predicted molar refractivity (Wildman–Crippen MR) is 76.8 cm³/mol. The number of nitrogen functional groups attached to an aromatic ring is 1. The van der Waals surface area contributed by atoms with Gasteiger partial charge in [-0.1, -0.05) is 29.3 Å². The molecule has 4 nitrogen and oxygen atoms in total. The van der Waals surface area contributed by atoms with Crippen LogP contribution in [0.4, 0.5) is 11.4 Å². The molecule has 0 atom stereocenters. The lowest BCUT2D eigenvalue weighted by Gasteiger charge is -2.06. The topological polar surface area (TPSA) is 69.2 Å². The largest absolute Gasteiger partial charge is 0.393 e. The molecule has 0 amide bonds. The molecule has 0 aliphatic carbocycles. The van der Waals surface area contributed by atoms with Crippen LogP contribution in [-0.2, 0) is 6.42 Å². The lowest BCUT2D eigenvalue weighted by atomic mass is 10.0. The number of nitrogens with zero attached hydrogens (tertiary/aromatic N) is 1. The van der Waals surface area contributed by atoms with Crippen LogP contribution in [0.15, 0.2) is 36.4 Å². The van der Waals surface area contributed by atoms with E-state index in [9.17, 15) is 10.1 Å². The maximum atomic E-state index is 10.7. The third kappa shape index (κ3) is 3.16. The molecule has 0 bridgehead atoms. The van der Waals surface area contributed by atoms with Crippen molar-refractivity contribution in [1.29, 1.82) is 0 Å². The first-order chi connectivity index (χ1) is 8.97. The van der Waals surface area contributed by atoms with Crippen molar-refractivity contribution in [2.45, 2.75) is 6.42 Å². The Balaban J connectivity index is 2.31. The average Bonchev–Trinajstić information content (AvgIpc) is 2.33. The lowest BCUT2D eigenvalue weighted by molar-refractivity contribution is -0.383. The SMILES string of the molecule is Nc1cc(Cc2cc(Cl)ccc2Cl)ccc1[N+](=O)[O-]. The first-order valence-electron chi connectivity index (χ1n) is 5.44. The van der Waals surface area contributed by atoms with Gasteiger partial charge in [-0.15, -0.1) is 0 Å². The minimum Gasteiger partial charge on any atom is -0.393 e. The number of nitro benzene ring substituents is 1. The highest BCUT2D eigenvalue weighted by molar-refractivity contribution is 6.33. The quantitative estimate of drug-likeness (QED) is 0.527. The van der Waals surface area contributed by atoms with Crippen molar-refractivity contribution in [3.63, 3.8) is 0 Å². The molecule has 19 heavy (non-hydrogen) atoms. The number of hydrogen-bond acceptors (Lipinski definition) is 3. The molecule has 6 heteroatoms. The fraction of sp³-hybridized carbons (Fsp3) is 0.0769. The van der Waals surface area contributed by atoms with Gasteiger partial charge in [0.1, 0.15) is 5.69 Å². The molecule has 0 heterocycles. The van der Waals surface area contributed by atoms with Gasteiger partial charge in [-0.25, -0.2) is 0 Å². The summed E-state index contributed by atoms with van der Waals surface area (Å²) in [5, 5.41) is 11.9. The van der Waals surface area contributed by atoms with Crippen molar-refractivity contribution >= 4 is 34.6 Å². The maximum Gasteiger partial charge on any atom is 0.292 e. The number of nitro groups is 1. The highest BCUT2D eigenvalue weighted by Crippen LogP contribution is 2.27. The van der Waals surface area contributed by atoms with E-state index in [1.54, 1.807) is 30.3 Å². The molecular weight excluding hydrogens is 287 g/mol. The van der Waals surface area contributed by atoms with Gasteiger partial charge in [-0.05, 0) is 41.8 Å². The molecule has 0 spiro atoms. The van der Waals surface area contributed by atoms with Crippen LogP contribution in [-0.4, -0.2) is 4.92 Å². The second-order valence-electron chi connectivity index (χ2n) is 4.06. The van der Waals surface area contributed by atoms with E-state index >= 15 is 0 Å². The van der Waals surface area contributed by atoms with Crippen LogP contribution in [0, 0.1) is 10.1 Å². The molecule has 98 valence electrons. The molecule has 0 aromatic heterocycles. The Labute approximate surface area is 119 Å². The highest BCUT2D eigenvalue weighted by atomic mass is 35.5. The second kappa shape index (κ2) is 5.47. The van der Waals surface area contributed by atoms with Crippen LogP contribution in [0.2, 0.25) is 10.0 Å².